The van der Waals surface area contributed by atoms with Gasteiger partial charge >= 0.3 is 20.1 Å². The highest BCUT2D eigenvalue weighted by Gasteiger charge is 2.29. The van der Waals surface area contributed by atoms with Crippen LogP contribution in [0.15, 0.2) is 35.1 Å². The van der Waals surface area contributed by atoms with E-state index >= 15 is 0 Å². The number of ether oxygens (including phenoxy) is 4. The fourth-order valence-electron chi connectivity index (χ4n) is 2.40. The predicted octanol–water partition coefficient (Wildman–Crippen LogP) is 1.77. The molecule has 0 heterocycles. The van der Waals surface area contributed by atoms with Crippen molar-refractivity contribution in [3.05, 3.63) is 35.9 Å². The number of benzene rings is 1. The number of guanidine groups is 1. The van der Waals surface area contributed by atoms with Crippen molar-refractivity contribution in [3.63, 3.8) is 0 Å². The molecule has 0 saturated carbocycles. The number of rotatable bonds is 13. The lowest BCUT2D eigenvalue weighted by Gasteiger charge is -2.30. The summed E-state index contributed by atoms with van der Waals surface area (Å²) in [5.74, 6) is -2.05. The van der Waals surface area contributed by atoms with Gasteiger partial charge in [-0.05, 0) is 39.7 Å². The summed E-state index contributed by atoms with van der Waals surface area (Å²) in [6.07, 6.45) is -3.25. The number of carbonyl (C=O) groups excluding carboxylic acids is 3. The van der Waals surface area contributed by atoms with Gasteiger partial charge in [0, 0.05) is 7.05 Å². The predicted molar refractivity (Wildman–Crippen MR) is 123 cm³/mol. The number of carboxylic acids is 1. The maximum absolute atomic E-state index is 13.1. The summed E-state index contributed by atoms with van der Waals surface area (Å²) in [6.45, 7) is 4.43. The highest BCUT2D eigenvalue weighted by molar-refractivity contribution is 7.52. The summed E-state index contributed by atoms with van der Waals surface area (Å²) in [5, 5.41) is 11.7. The van der Waals surface area contributed by atoms with Crippen molar-refractivity contribution in [1.29, 1.82) is 0 Å². The van der Waals surface area contributed by atoms with Crippen LogP contribution in [0.2, 0.25) is 0 Å². The minimum Gasteiger partial charge on any atom is -0.548 e. The Hall–Kier alpha value is -3.35. The molecule has 14 nitrogen and oxygen atoms in total. The Morgan fingerprint density at radius 3 is 1.86 bits per heavy atom. The molecule has 0 aliphatic carbocycles. The van der Waals surface area contributed by atoms with Gasteiger partial charge in [-0.1, -0.05) is 30.3 Å². The van der Waals surface area contributed by atoms with E-state index in [0.717, 1.165) is 4.90 Å². The molecule has 0 bridgehead atoms. The first-order valence-corrected chi connectivity index (χ1v) is 12.2. The minimum atomic E-state index is -4.62. The number of nitrogens with zero attached hydrogens (tertiary/aromatic N) is 2. The van der Waals surface area contributed by atoms with Crippen LogP contribution in [0.4, 0.5) is 9.59 Å². The number of hydrogen-bond acceptors (Lipinski definition) is 11. The molecule has 0 radical (unpaired) electrons. The smallest absolute Gasteiger partial charge is 0.510 e. The zero-order valence-corrected chi connectivity index (χ0v) is 21.5. The quantitative estimate of drug-likeness (QED) is 0.127. The third kappa shape index (κ3) is 11.9. The Balaban J connectivity index is 3.01. The summed E-state index contributed by atoms with van der Waals surface area (Å²) in [4.78, 5) is 35.8. The molecule has 1 aromatic rings. The van der Waals surface area contributed by atoms with Crippen LogP contribution >= 0.6 is 7.75 Å². The molecule has 2 N–H and O–H groups in total. The van der Waals surface area contributed by atoms with Crippen molar-refractivity contribution in [2.24, 2.45) is 10.5 Å². The maximum Gasteiger partial charge on any atom is 0.510 e. The summed E-state index contributed by atoms with van der Waals surface area (Å²) >= 11 is 0. The lowest BCUT2D eigenvalue weighted by molar-refractivity contribution is -0.310. The average Bonchev–Trinajstić information content (AvgIpc) is 2.76. The van der Waals surface area contributed by atoms with E-state index in [1.807, 2.05) is 0 Å². The standard InChI is InChI=1S/C21H32N3O11P/c1-14(2)34-20(27)30-12-32-36(29,33-13-31-21(28)35-15(3)4)23-19(22)24(5)17(18(25)26)11-16-9-7-6-8-10-16/h6-10,14-15,17H,11-13H2,1-5H3,(H,25,26)(H2,22,23,29)/p-1. The summed E-state index contributed by atoms with van der Waals surface area (Å²) in [6, 6.07) is 7.32. The maximum atomic E-state index is 13.1. The fourth-order valence-corrected chi connectivity index (χ4v) is 3.36. The van der Waals surface area contributed by atoms with Crippen LogP contribution in [0.3, 0.4) is 0 Å². The lowest BCUT2D eigenvalue weighted by Crippen LogP contribution is -2.52. The first-order valence-electron chi connectivity index (χ1n) is 10.7. The van der Waals surface area contributed by atoms with Crippen molar-refractivity contribution in [2.45, 2.75) is 52.4 Å². The Morgan fingerprint density at radius 1 is 0.972 bits per heavy atom. The van der Waals surface area contributed by atoms with Crippen LogP contribution in [0.25, 0.3) is 0 Å². The van der Waals surface area contributed by atoms with Crippen molar-refractivity contribution in [1.82, 2.24) is 4.90 Å². The topological polar surface area (TPSA) is 188 Å². The van der Waals surface area contributed by atoms with E-state index in [4.69, 9.17) is 24.3 Å². The van der Waals surface area contributed by atoms with E-state index < -0.39 is 63.8 Å². The highest BCUT2D eigenvalue weighted by atomic mass is 31.2. The van der Waals surface area contributed by atoms with Crippen molar-refractivity contribution in [3.8, 4) is 0 Å². The molecule has 1 aromatic carbocycles. The number of likely N-dealkylation sites (N-methyl/N-ethyl adjacent to an activating group) is 1. The van der Waals surface area contributed by atoms with E-state index in [2.05, 4.69) is 14.2 Å². The van der Waals surface area contributed by atoms with Gasteiger partial charge in [-0.2, -0.15) is 0 Å². The molecule has 0 aliphatic rings. The Labute approximate surface area is 208 Å². The van der Waals surface area contributed by atoms with Crippen LogP contribution in [0.5, 0.6) is 0 Å². The molecule has 1 atom stereocenters. The fraction of sp³-hybridized carbons (Fsp3) is 0.524. The normalized spacial score (nSPS) is 12.7. The molecule has 36 heavy (non-hydrogen) atoms. The van der Waals surface area contributed by atoms with Crippen molar-refractivity contribution >= 4 is 32.0 Å². The van der Waals surface area contributed by atoms with E-state index in [9.17, 15) is 24.1 Å². The van der Waals surface area contributed by atoms with Gasteiger partial charge in [0.1, 0.15) is 0 Å². The first-order chi connectivity index (χ1) is 16.8. The molecule has 15 heteroatoms. The number of carbonyl (C=O) groups is 3. The lowest BCUT2D eigenvalue weighted by atomic mass is 10.1. The first kappa shape index (κ1) is 30.7. The second-order valence-electron chi connectivity index (χ2n) is 7.68. The average molecular weight is 532 g/mol. The second kappa shape index (κ2) is 14.9. The minimum absolute atomic E-state index is 0.0176. The van der Waals surface area contributed by atoms with Gasteiger partial charge in [0.2, 0.25) is 19.5 Å². The largest absolute Gasteiger partial charge is 0.548 e. The number of nitrogens with two attached hydrogens (primary N) is 1. The Morgan fingerprint density at radius 2 is 1.44 bits per heavy atom. The molecule has 0 spiro atoms. The molecular weight excluding hydrogens is 501 g/mol. The van der Waals surface area contributed by atoms with Gasteiger partial charge in [0.15, 0.2) is 0 Å². The molecule has 0 amide bonds. The number of aliphatic carboxylic acids is 1. The van der Waals surface area contributed by atoms with Gasteiger partial charge in [-0.25, -0.2) is 14.2 Å². The van der Waals surface area contributed by atoms with E-state index in [1.165, 1.54) is 7.05 Å². The van der Waals surface area contributed by atoms with E-state index in [-0.39, 0.29) is 6.42 Å². The molecule has 1 rings (SSSR count). The van der Waals surface area contributed by atoms with Crippen molar-refractivity contribution in [2.75, 3.05) is 20.6 Å². The molecular formula is C21H31N3O11P-. The highest BCUT2D eigenvalue weighted by Crippen LogP contribution is 2.50. The molecule has 0 fully saturated rings. The van der Waals surface area contributed by atoms with Gasteiger partial charge < -0.3 is 39.5 Å². The molecule has 202 valence electrons. The van der Waals surface area contributed by atoms with Crippen LogP contribution in [0, 0.1) is 0 Å². The van der Waals surface area contributed by atoms with Crippen LogP contribution in [0.1, 0.15) is 33.3 Å². The van der Waals surface area contributed by atoms with Crippen LogP contribution < -0.4 is 10.8 Å². The van der Waals surface area contributed by atoms with Gasteiger partial charge in [-0.15, -0.1) is 4.76 Å². The van der Waals surface area contributed by atoms with Crippen LogP contribution in [-0.4, -0.2) is 68.0 Å². The molecule has 0 aromatic heterocycles. The van der Waals surface area contributed by atoms with Gasteiger partial charge in [0.25, 0.3) is 0 Å². The molecule has 0 aliphatic heterocycles. The van der Waals surface area contributed by atoms with Gasteiger partial charge in [0.05, 0.1) is 24.2 Å². The Kier molecular flexibility index (Phi) is 12.7. The number of carboxylic acid groups (broad SMARTS) is 1. The summed E-state index contributed by atoms with van der Waals surface area (Å²) in [5.41, 5.74) is 6.54. The van der Waals surface area contributed by atoms with E-state index in [1.54, 1.807) is 58.0 Å². The zero-order chi connectivity index (χ0) is 27.3. The second-order valence-corrected chi connectivity index (χ2v) is 9.33. The SMILES string of the molecule is CC(C)OC(=O)OCOP(=O)(N=C(N)N(C)C(Cc1ccccc1)C(=O)[O-])OCOC(=O)OC(C)C. The zero-order valence-electron chi connectivity index (χ0n) is 20.6. The van der Waals surface area contributed by atoms with Crippen molar-refractivity contribution < 1.29 is 52.1 Å². The third-order valence-corrected chi connectivity index (χ3v) is 5.36. The van der Waals surface area contributed by atoms with E-state index in [0.29, 0.717) is 5.56 Å². The number of hydrogen-bond donors (Lipinski definition) is 1. The van der Waals surface area contributed by atoms with Crippen LogP contribution in [-0.2, 0) is 43.8 Å². The van der Waals surface area contributed by atoms with Gasteiger partial charge in [-0.3, -0.25) is 9.05 Å². The molecule has 1 unspecified atom stereocenters. The molecule has 0 saturated heterocycles. The summed E-state index contributed by atoms with van der Waals surface area (Å²) in [7, 11) is -3.34. The Bertz CT molecular complexity index is 908. The monoisotopic (exact) mass is 532 g/mol. The third-order valence-electron chi connectivity index (χ3n) is 4.05. The summed E-state index contributed by atoms with van der Waals surface area (Å²) < 4.78 is 45.4.